The molecule has 3 aromatic heterocycles. The van der Waals surface area contributed by atoms with E-state index in [1.807, 2.05) is 18.2 Å². The van der Waals surface area contributed by atoms with E-state index < -0.39 is 5.91 Å². The third-order valence-electron chi connectivity index (χ3n) is 2.72. The van der Waals surface area contributed by atoms with E-state index >= 15 is 0 Å². The van der Waals surface area contributed by atoms with Crippen LogP contribution in [0.25, 0.3) is 11.4 Å². The van der Waals surface area contributed by atoms with Crippen LogP contribution in [0.4, 0.5) is 0 Å². The molecule has 21 heavy (non-hydrogen) atoms. The van der Waals surface area contributed by atoms with Crippen LogP contribution < -0.4 is 5.32 Å². The normalized spacial score (nSPS) is 10.3. The lowest BCUT2D eigenvalue weighted by Crippen LogP contribution is -2.23. The first-order valence-corrected chi connectivity index (χ1v) is 6.25. The molecule has 0 aromatic carbocycles. The number of pyridine rings is 2. The minimum absolute atomic E-state index is 0.0854. The van der Waals surface area contributed by atoms with Crippen LogP contribution in [-0.4, -0.2) is 26.0 Å². The lowest BCUT2D eigenvalue weighted by Gasteiger charge is -2.00. The molecule has 1 N–H and O–H groups in total. The summed E-state index contributed by atoms with van der Waals surface area (Å²) >= 11 is 0. The van der Waals surface area contributed by atoms with Crippen LogP contribution in [0.2, 0.25) is 0 Å². The average Bonchev–Trinajstić information content (AvgIpc) is 3.04. The van der Waals surface area contributed by atoms with Crippen molar-refractivity contribution in [2.24, 2.45) is 0 Å². The molecule has 0 saturated heterocycles. The average molecular weight is 281 g/mol. The molecule has 1 amide bonds. The quantitative estimate of drug-likeness (QED) is 0.778. The van der Waals surface area contributed by atoms with Gasteiger partial charge in [0.2, 0.25) is 5.82 Å². The van der Waals surface area contributed by atoms with Gasteiger partial charge in [-0.25, -0.2) is 0 Å². The molecule has 0 fully saturated rings. The van der Waals surface area contributed by atoms with Crippen molar-refractivity contribution in [1.29, 1.82) is 0 Å². The number of hydrogen-bond donors (Lipinski definition) is 1. The summed E-state index contributed by atoms with van der Waals surface area (Å²) in [4.78, 5) is 24.0. The number of carbonyl (C=O) groups is 1. The van der Waals surface area contributed by atoms with E-state index in [-0.39, 0.29) is 5.89 Å². The number of rotatable bonds is 4. The molecule has 7 heteroatoms. The first-order chi connectivity index (χ1) is 10.3. The summed E-state index contributed by atoms with van der Waals surface area (Å²) in [6.45, 7) is 0.298. The summed E-state index contributed by atoms with van der Waals surface area (Å²) in [5, 5.41) is 6.44. The zero-order chi connectivity index (χ0) is 14.5. The van der Waals surface area contributed by atoms with E-state index in [1.54, 1.807) is 30.7 Å². The second-order valence-corrected chi connectivity index (χ2v) is 4.16. The molecule has 0 aliphatic heterocycles. The lowest BCUT2D eigenvalue weighted by atomic mass is 10.2. The first-order valence-electron chi connectivity index (χ1n) is 6.25. The summed E-state index contributed by atoms with van der Waals surface area (Å²) in [7, 11) is 0. The second-order valence-electron chi connectivity index (χ2n) is 4.16. The molecule has 3 rings (SSSR count). The van der Waals surface area contributed by atoms with Gasteiger partial charge in [0.05, 0.1) is 12.2 Å². The van der Waals surface area contributed by atoms with Gasteiger partial charge < -0.3 is 9.84 Å². The predicted octanol–water partition coefficient (Wildman–Crippen LogP) is 1.46. The highest BCUT2D eigenvalue weighted by atomic mass is 16.5. The molecule has 0 atom stereocenters. The Labute approximate surface area is 120 Å². The molecule has 3 heterocycles. The van der Waals surface area contributed by atoms with Crippen molar-refractivity contribution in [2.75, 3.05) is 0 Å². The number of amides is 1. The Kier molecular flexibility index (Phi) is 3.64. The number of carbonyl (C=O) groups excluding carboxylic acids is 1. The Hall–Kier alpha value is -3.09. The zero-order valence-corrected chi connectivity index (χ0v) is 10.9. The van der Waals surface area contributed by atoms with Crippen LogP contribution in [0, 0.1) is 0 Å². The van der Waals surface area contributed by atoms with E-state index in [0.29, 0.717) is 12.4 Å². The summed E-state index contributed by atoms with van der Waals surface area (Å²) in [6.07, 6.45) is 4.90. The van der Waals surface area contributed by atoms with Crippen molar-refractivity contribution in [3.63, 3.8) is 0 Å². The Morgan fingerprint density at radius 2 is 2.00 bits per heavy atom. The Morgan fingerprint density at radius 1 is 1.14 bits per heavy atom. The van der Waals surface area contributed by atoms with Gasteiger partial charge in [0.1, 0.15) is 0 Å². The van der Waals surface area contributed by atoms with Crippen LogP contribution in [0.1, 0.15) is 16.4 Å². The van der Waals surface area contributed by atoms with Crippen LogP contribution >= 0.6 is 0 Å². The van der Waals surface area contributed by atoms with Crippen LogP contribution in [0.15, 0.2) is 53.4 Å². The topological polar surface area (TPSA) is 93.8 Å². The fourth-order valence-corrected chi connectivity index (χ4v) is 1.68. The minimum atomic E-state index is -0.437. The minimum Gasteiger partial charge on any atom is -0.342 e. The van der Waals surface area contributed by atoms with E-state index in [9.17, 15) is 4.79 Å². The standard InChI is InChI=1S/C14H11N5O2/c20-13(17-9-11-3-1-2-6-16-11)14-18-12(19-21-14)10-4-7-15-8-5-10/h1-8H,9H2,(H,17,20). The first kappa shape index (κ1) is 12.9. The Bertz CT molecular complexity index is 727. The fourth-order valence-electron chi connectivity index (χ4n) is 1.68. The molecular formula is C14H11N5O2. The predicted molar refractivity (Wildman–Crippen MR) is 72.9 cm³/mol. The highest BCUT2D eigenvalue weighted by molar-refractivity contribution is 5.89. The summed E-state index contributed by atoms with van der Waals surface area (Å²) < 4.78 is 4.96. The molecule has 0 aliphatic carbocycles. The molecule has 0 aliphatic rings. The molecule has 7 nitrogen and oxygen atoms in total. The number of nitrogens with one attached hydrogen (secondary N) is 1. The highest BCUT2D eigenvalue weighted by Crippen LogP contribution is 2.13. The summed E-state index contributed by atoms with van der Waals surface area (Å²) in [5.41, 5.74) is 1.48. The third kappa shape index (κ3) is 3.08. The second kappa shape index (κ2) is 5.91. The summed E-state index contributed by atoms with van der Waals surface area (Å²) in [5.74, 6) is -0.174. The van der Waals surface area contributed by atoms with Gasteiger partial charge in [0.25, 0.3) is 0 Å². The van der Waals surface area contributed by atoms with Crippen molar-refractivity contribution in [2.45, 2.75) is 6.54 Å². The molecule has 0 spiro atoms. The van der Waals surface area contributed by atoms with Gasteiger partial charge in [-0.05, 0) is 24.3 Å². The Morgan fingerprint density at radius 3 is 2.76 bits per heavy atom. The van der Waals surface area contributed by atoms with Gasteiger partial charge in [0, 0.05) is 24.2 Å². The van der Waals surface area contributed by atoms with Gasteiger partial charge in [-0.1, -0.05) is 11.2 Å². The maximum absolute atomic E-state index is 11.9. The van der Waals surface area contributed by atoms with E-state index in [1.165, 1.54) is 0 Å². The van der Waals surface area contributed by atoms with E-state index in [2.05, 4.69) is 25.4 Å². The Balaban J connectivity index is 1.67. The number of aromatic nitrogens is 4. The molecule has 0 bridgehead atoms. The van der Waals surface area contributed by atoms with Crippen molar-refractivity contribution in [3.05, 3.63) is 60.5 Å². The SMILES string of the molecule is O=C(NCc1ccccn1)c1nc(-c2ccncc2)no1. The van der Waals surface area contributed by atoms with Gasteiger partial charge >= 0.3 is 11.8 Å². The van der Waals surface area contributed by atoms with Gasteiger partial charge in [-0.15, -0.1) is 0 Å². The molecular weight excluding hydrogens is 270 g/mol. The van der Waals surface area contributed by atoms with Crippen molar-refractivity contribution in [1.82, 2.24) is 25.4 Å². The third-order valence-corrected chi connectivity index (χ3v) is 2.72. The van der Waals surface area contributed by atoms with Crippen LogP contribution in [0.5, 0.6) is 0 Å². The van der Waals surface area contributed by atoms with Crippen LogP contribution in [-0.2, 0) is 6.54 Å². The molecule has 0 saturated carbocycles. The van der Waals surface area contributed by atoms with Crippen LogP contribution in [0.3, 0.4) is 0 Å². The van der Waals surface area contributed by atoms with Crippen molar-refractivity contribution in [3.8, 4) is 11.4 Å². The maximum atomic E-state index is 11.9. The molecule has 0 unspecified atom stereocenters. The zero-order valence-electron chi connectivity index (χ0n) is 10.9. The number of hydrogen-bond acceptors (Lipinski definition) is 6. The smallest absolute Gasteiger partial charge is 0.316 e. The highest BCUT2D eigenvalue weighted by Gasteiger charge is 2.15. The van der Waals surface area contributed by atoms with Gasteiger partial charge in [0.15, 0.2) is 0 Å². The van der Waals surface area contributed by atoms with E-state index in [4.69, 9.17) is 4.52 Å². The van der Waals surface area contributed by atoms with Gasteiger partial charge in [-0.3, -0.25) is 14.8 Å². The van der Waals surface area contributed by atoms with Crippen molar-refractivity contribution < 1.29 is 9.32 Å². The fraction of sp³-hybridized carbons (Fsp3) is 0.0714. The largest absolute Gasteiger partial charge is 0.342 e. The van der Waals surface area contributed by atoms with Gasteiger partial charge in [-0.2, -0.15) is 4.98 Å². The van der Waals surface area contributed by atoms with E-state index in [0.717, 1.165) is 11.3 Å². The summed E-state index contributed by atoms with van der Waals surface area (Å²) in [6, 6.07) is 8.95. The maximum Gasteiger partial charge on any atom is 0.316 e. The van der Waals surface area contributed by atoms with Crippen molar-refractivity contribution >= 4 is 5.91 Å². The monoisotopic (exact) mass is 281 g/mol. The molecule has 3 aromatic rings. The number of nitrogens with zero attached hydrogens (tertiary/aromatic N) is 4. The molecule has 104 valence electrons. The molecule has 0 radical (unpaired) electrons. The lowest BCUT2D eigenvalue weighted by molar-refractivity contribution is 0.0906.